The maximum Gasteiger partial charge on any atom is 0.306 e. The number of carbonyl (C=O) groups excluding carboxylic acids is 2. The Morgan fingerprint density at radius 3 is 2.17 bits per heavy atom. The van der Waals surface area contributed by atoms with E-state index in [1.54, 1.807) is 18.3 Å². The van der Waals surface area contributed by atoms with Gasteiger partial charge in [0.05, 0.1) is 27.1 Å². The molecule has 0 saturated carbocycles. The standard InChI is InChI=1S/C12H16N2O4/c1-17-11(15)5-9(6-12(16)18-2)8-3-4-10(13)14-7-8/h3-4,7,9H,5-6H2,1-2H3,(H2,13,14). The second-order valence-electron chi connectivity index (χ2n) is 3.77. The molecule has 0 atom stereocenters. The molecule has 0 unspecified atom stereocenters. The van der Waals surface area contributed by atoms with Crippen LogP contribution in [0.3, 0.4) is 0 Å². The number of nitrogens with two attached hydrogens (primary N) is 1. The van der Waals surface area contributed by atoms with Crippen LogP contribution in [0.15, 0.2) is 18.3 Å². The summed E-state index contributed by atoms with van der Waals surface area (Å²) in [5.41, 5.74) is 6.24. The van der Waals surface area contributed by atoms with Gasteiger partial charge < -0.3 is 15.2 Å². The molecule has 0 spiro atoms. The molecule has 6 heteroatoms. The summed E-state index contributed by atoms with van der Waals surface area (Å²) in [5.74, 6) is -0.715. The van der Waals surface area contributed by atoms with Gasteiger partial charge in [0.15, 0.2) is 0 Å². The van der Waals surface area contributed by atoms with E-state index in [4.69, 9.17) is 5.73 Å². The van der Waals surface area contributed by atoms with Crippen LogP contribution in [0, 0.1) is 0 Å². The molecule has 0 aromatic carbocycles. The Morgan fingerprint density at radius 2 is 1.78 bits per heavy atom. The summed E-state index contributed by atoms with van der Waals surface area (Å²) in [6.07, 6.45) is 1.74. The van der Waals surface area contributed by atoms with Crippen molar-refractivity contribution in [2.24, 2.45) is 0 Å². The third-order valence-electron chi connectivity index (χ3n) is 2.56. The lowest BCUT2D eigenvalue weighted by atomic mass is 9.94. The zero-order valence-corrected chi connectivity index (χ0v) is 10.4. The largest absolute Gasteiger partial charge is 0.469 e. The maximum absolute atomic E-state index is 11.3. The van der Waals surface area contributed by atoms with E-state index in [1.807, 2.05) is 0 Å². The summed E-state index contributed by atoms with van der Waals surface area (Å²) in [5, 5.41) is 0. The first-order valence-electron chi connectivity index (χ1n) is 5.42. The molecule has 0 radical (unpaired) electrons. The fraction of sp³-hybridized carbons (Fsp3) is 0.417. The highest BCUT2D eigenvalue weighted by Gasteiger charge is 2.20. The minimum atomic E-state index is -0.388. The topological polar surface area (TPSA) is 91.5 Å². The van der Waals surface area contributed by atoms with Crippen LogP contribution in [-0.2, 0) is 19.1 Å². The van der Waals surface area contributed by atoms with E-state index in [0.29, 0.717) is 5.82 Å². The Bertz CT molecular complexity index is 399. The molecular weight excluding hydrogens is 236 g/mol. The molecular formula is C12H16N2O4. The third kappa shape index (κ3) is 4.04. The van der Waals surface area contributed by atoms with Gasteiger partial charge in [0, 0.05) is 12.1 Å². The second kappa shape index (κ2) is 6.58. The number of carbonyl (C=O) groups is 2. The molecule has 0 aliphatic rings. The molecule has 6 nitrogen and oxygen atoms in total. The molecule has 2 N–H and O–H groups in total. The lowest BCUT2D eigenvalue weighted by Crippen LogP contribution is -2.14. The highest BCUT2D eigenvalue weighted by atomic mass is 16.5. The van der Waals surface area contributed by atoms with Gasteiger partial charge in [-0.05, 0) is 11.6 Å². The smallest absolute Gasteiger partial charge is 0.306 e. The lowest BCUT2D eigenvalue weighted by molar-refractivity contribution is -0.143. The molecule has 1 aromatic rings. The van der Waals surface area contributed by atoms with E-state index in [-0.39, 0.29) is 30.7 Å². The first-order valence-corrected chi connectivity index (χ1v) is 5.42. The van der Waals surface area contributed by atoms with Crippen LogP contribution in [0.25, 0.3) is 0 Å². The van der Waals surface area contributed by atoms with Crippen LogP contribution in [0.2, 0.25) is 0 Å². The van der Waals surface area contributed by atoms with Gasteiger partial charge in [-0.3, -0.25) is 9.59 Å². The molecule has 0 saturated heterocycles. The van der Waals surface area contributed by atoms with E-state index in [1.165, 1.54) is 14.2 Å². The molecule has 1 rings (SSSR count). The molecule has 0 aliphatic heterocycles. The summed E-state index contributed by atoms with van der Waals surface area (Å²) in [7, 11) is 2.61. The highest BCUT2D eigenvalue weighted by Crippen LogP contribution is 2.24. The van der Waals surface area contributed by atoms with Crippen molar-refractivity contribution in [2.45, 2.75) is 18.8 Å². The number of anilines is 1. The number of esters is 2. The summed E-state index contributed by atoms with van der Waals surface area (Å²) in [6.45, 7) is 0. The van der Waals surface area contributed by atoms with Gasteiger partial charge in [-0.15, -0.1) is 0 Å². The molecule has 1 heterocycles. The monoisotopic (exact) mass is 252 g/mol. The van der Waals surface area contributed by atoms with Gasteiger partial charge >= 0.3 is 11.9 Å². The van der Waals surface area contributed by atoms with Crippen LogP contribution in [0.4, 0.5) is 5.82 Å². The summed E-state index contributed by atoms with van der Waals surface area (Å²) in [6, 6.07) is 3.36. The minimum absolute atomic E-state index is 0.0944. The predicted molar refractivity (Wildman–Crippen MR) is 64.7 cm³/mol. The van der Waals surface area contributed by atoms with Crippen molar-refractivity contribution in [2.75, 3.05) is 20.0 Å². The summed E-state index contributed by atoms with van der Waals surface area (Å²) < 4.78 is 9.21. The van der Waals surface area contributed by atoms with Gasteiger partial charge in [0.25, 0.3) is 0 Å². The first kappa shape index (κ1) is 14.0. The molecule has 0 bridgehead atoms. The predicted octanol–water partition coefficient (Wildman–Crippen LogP) is 0.874. The van der Waals surface area contributed by atoms with Crippen molar-refractivity contribution in [1.29, 1.82) is 0 Å². The molecule has 98 valence electrons. The van der Waals surface area contributed by atoms with E-state index in [0.717, 1.165) is 5.56 Å². The van der Waals surface area contributed by atoms with Gasteiger partial charge in [0.2, 0.25) is 0 Å². The quantitative estimate of drug-likeness (QED) is 0.782. The maximum atomic E-state index is 11.3. The van der Waals surface area contributed by atoms with Gasteiger partial charge in [-0.2, -0.15) is 0 Å². The number of nitrogens with zero attached hydrogens (tertiary/aromatic N) is 1. The van der Waals surface area contributed by atoms with E-state index in [9.17, 15) is 9.59 Å². The van der Waals surface area contributed by atoms with Crippen molar-refractivity contribution in [3.63, 3.8) is 0 Å². The molecule has 1 aromatic heterocycles. The van der Waals surface area contributed by atoms with Crippen molar-refractivity contribution >= 4 is 17.8 Å². The minimum Gasteiger partial charge on any atom is -0.469 e. The Morgan fingerprint density at radius 1 is 1.22 bits per heavy atom. The Kier molecular flexibility index (Phi) is 5.10. The van der Waals surface area contributed by atoms with Crippen LogP contribution in [-0.4, -0.2) is 31.1 Å². The van der Waals surface area contributed by atoms with E-state index >= 15 is 0 Å². The SMILES string of the molecule is COC(=O)CC(CC(=O)OC)c1ccc(N)nc1. The van der Waals surface area contributed by atoms with Crippen molar-refractivity contribution in [3.05, 3.63) is 23.9 Å². The highest BCUT2D eigenvalue weighted by molar-refractivity contribution is 5.74. The number of aromatic nitrogens is 1. The number of ether oxygens (including phenoxy) is 2. The molecule has 0 fully saturated rings. The number of methoxy groups -OCH3 is 2. The average Bonchev–Trinajstić information content (AvgIpc) is 2.38. The van der Waals surface area contributed by atoms with Gasteiger partial charge in [-0.25, -0.2) is 4.98 Å². The van der Waals surface area contributed by atoms with Crippen molar-refractivity contribution in [3.8, 4) is 0 Å². The zero-order valence-electron chi connectivity index (χ0n) is 10.4. The van der Waals surface area contributed by atoms with Crippen LogP contribution in [0.1, 0.15) is 24.3 Å². The normalized spacial score (nSPS) is 10.2. The first-order chi connectivity index (χ1) is 8.56. The summed E-state index contributed by atoms with van der Waals surface area (Å²) in [4.78, 5) is 26.6. The van der Waals surface area contributed by atoms with Crippen molar-refractivity contribution in [1.82, 2.24) is 4.98 Å². The molecule has 0 aliphatic carbocycles. The van der Waals surface area contributed by atoms with E-state index < -0.39 is 0 Å². The Labute approximate surface area is 105 Å². The third-order valence-corrected chi connectivity index (χ3v) is 2.56. The number of rotatable bonds is 5. The van der Waals surface area contributed by atoms with Gasteiger partial charge in [-0.1, -0.05) is 6.07 Å². The Balaban J connectivity index is 2.85. The summed E-state index contributed by atoms with van der Waals surface area (Å²) >= 11 is 0. The van der Waals surface area contributed by atoms with Crippen LogP contribution >= 0.6 is 0 Å². The van der Waals surface area contributed by atoms with Gasteiger partial charge in [0.1, 0.15) is 5.82 Å². The second-order valence-corrected chi connectivity index (χ2v) is 3.77. The number of pyridine rings is 1. The number of nitrogen functional groups attached to an aromatic ring is 1. The number of hydrogen-bond donors (Lipinski definition) is 1. The lowest BCUT2D eigenvalue weighted by Gasteiger charge is -2.14. The fourth-order valence-electron chi connectivity index (χ4n) is 1.54. The fourth-order valence-corrected chi connectivity index (χ4v) is 1.54. The van der Waals surface area contributed by atoms with Crippen LogP contribution in [0.5, 0.6) is 0 Å². The van der Waals surface area contributed by atoms with Crippen LogP contribution < -0.4 is 5.73 Å². The van der Waals surface area contributed by atoms with E-state index in [2.05, 4.69) is 14.5 Å². The van der Waals surface area contributed by atoms with Crippen molar-refractivity contribution < 1.29 is 19.1 Å². The molecule has 0 amide bonds. The zero-order chi connectivity index (χ0) is 13.5. The average molecular weight is 252 g/mol. The number of hydrogen-bond acceptors (Lipinski definition) is 6. The Hall–Kier alpha value is -2.11. The molecule has 18 heavy (non-hydrogen) atoms.